The molecular formula is C16H12Cl2N2O. The molecule has 0 atom stereocenters. The minimum absolute atomic E-state index is 0.244. The van der Waals surface area contributed by atoms with Gasteiger partial charge in [-0.15, -0.1) is 0 Å². The van der Waals surface area contributed by atoms with E-state index in [4.69, 9.17) is 27.9 Å². The lowest BCUT2D eigenvalue weighted by molar-refractivity contribution is 0.304. The highest BCUT2D eigenvalue weighted by Crippen LogP contribution is 2.26. The molecule has 106 valence electrons. The summed E-state index contributed by atoms with van der Waals surface area (Å²) < 4.78 is 5.83. The number of nitrogens with zero attached hydrogens (tertiary/aromatic N) is 2. The van der Waals surface area contributed by atoms with Crippen molar-refractivity contribution in [3.05, 3.63) is 64.0 Å². The molecule has 2 heterocycles. The van der Waals surface area contributed by atoms with E-state index in [9.17, 15) is 0 Å². The third-order valence-electron chi connectivity index (χ3n) is 3.07. The minimum atomic E-state index is 0.244. The number of benzene rings is 1. The highest BCUT2D eigenvalue weighted by Gasteiger charge is 2.07. The molecule has 0 saturated carbocycles. The zero-order valence-corrected chi connectivity index (χ0v) is 12.8. The Balaban J connectivity index is 1.91. The van der Waals surface area contributed by atoms with Gasteiger partial charge >= 0.3 is 0 Å². The lowest BCUT2D eigenvalue weighted by atomic mass is 10.2. The molecule has 0 aliphatic carbocycles. The van der Waals surface area contributed by atoms with Crippen LogP contribution in [0.25, 0.3) is 10.9 Å². The van der Waals surface area contributed by atoms with Crippen molar-refractivity contribution in [1.29, 1.82) is 0 Å². The van der Waals surface area contributed by atoms with E-state index in [1.54, 1.807) is 12.1 Å². The molecule has 0 fully saturated rings. The summed E-state index contributed by atoms with van der Waals surface area (Å²) in [4.78, 5) is 8.70. The number of aromatic nitrogens is 2. The molecule has 0 bridgehead atoms. The smallest absolute Gasteiger partial charge is 0.146 e. The average molecular weight is 319 g/mol. The molecule has 1 aromatic carbocycles. The molecule has 21 heavy (non-hydrogen) atoms. The molecule has 0 radical (unpaired) electrons. The molecule has 0 amide bonds. The molecule has 0 N–H and O–H groups in total. The Labute approximate surface area is 132 Å². The largest absolute Gasteiger partial charge is 0.485 e. The van der Waals surface area contributed by atoms with E-state index in [0.29, 0.717) is 21.6 Å². The molecule has 3 rings (SSSR count). The molecular weight excluding hydrogens is 307 g/mol. The molecule has 0 spiro atoms. The van der Waals surface area contributed by atoms with Gasteiger partial charge in [0.05, 0.1) is 10.7 Å². The van der Waals surface area contributed by atoms with E-state index in [1.165, 1.54) is 0 Å². The fraction of sp³-hybridized carbons (Fsp3) is 0.125. The van der Waals surface area contributed by atoms with Crippen LogP contribution in [0, 0.1) is 6.92 Å². The SMILES string of the molecule is Cc1ccc2cccc(OCc3nc(Cl)ccc3Cl)c2n1. The van der Waals surface area contributed by atoms with Gasteiger partial charge in [0, 0.05) is 11.1 Å². The van der Waals surface area contributed by atoms with Crippen LogP contribution >= 0.6 is 23.2 Å². The highest BCUT2D eigenvalue weighted by atomic mass is 35.5. The van der Waals surface area contributed by atoms with Crippen molar-refractivity contribution in [2.24, 2.45) is 0 Å². The van der Waals surface area contributed by atoms with Crippen LogP contribution in [0.15, 0.2) is 42.5 Å². The second-order valence-electron chi connectivity index (χ2n) is 4.63. The number of ether oxygens (including phenoxy) is 1. The number of fused-ring (bicyclic) bond motifs is 1. The van der Waals surface area contributed by atoms with Crippen LogP contribution in [0.4, 0.5) is 0 Å². The fourth-order valence-corrected chi connectivity index (χ4v) is 2.36. The van der Waals surface area contributed by atoms with Crippen LogP contribution in [0.5, 0.6) is 5.75 Å². The molecule has 0 saturated heterocycles. The van der Waals surface area contributed by atoms with E-state index < -0.39 is 0 Å². The van der Waals surface area contributed by atoms with E-state index in [2.05, 4.69) is 9.97 Å². The Morgan fingerprint density at radius 1 is 1.00 bits per heavy atom. The van der Waals surface area contributed by atoms with E-state index >= 15 is 0 Å². The quantitative estimate of drug-likeness (QED) is 0.649. The molecule has 5 heteroatoms. The summed E-state index contributed by atoms with van der Waals surface area (Å²) in [7, 11) is 0. The standard InChI is InChI=1S/C16H12Cl2N2O/c1-10-5-6-11-3-2-4-14(16(11)19-10)21-9-13-12(17)7-8-15(18)20-13/h2-8H,9H2,1H3. The van der Waals surface area contributed by atoms with Crippen LogP contribution in [0.2, 0.25) is 10.2 Å². The lowest BCUT2D eigenvalue weighted by Crippen LogP contribution is -2.00. The predicted molar refractivity (Wildman–Crippen MR) is 85.1 cm³/mol. The Bertz CT molecular complexity index is 805. The van der Waals surface area contributed by atoms with Crippen molar-refractivity contribution in [2.75, 3.05) is 0 Å². The van der Waals surface area contributed by atoms with E-state index in [0.717, 1.165) is 16.6 Å². The van der Waals surface area contributed by atoms with Crippen LogP contribution in [-0.4, -0.2) is 9.97 Å². The van der Waals surface area contributed by atoms with Gasteiger partial charge in [-0.2, -0.15) is 0 Å². The molecule has 0 aliphatic rings. The normalized spacial score (nSPS) is 10.8. The van der Waals surface area contributed by atoms with Crippen LogP contribution in [0.3, 0.4) is 0 Å². The summed E-state index contributed by atoms with van der Waals surface area (Å²) in [5, 5.41) is 1.96. The maximum atomic E-state index is 6.09. The van der Waals surface area contributed by atoms with Gasteiger partial charge in [0.15, 0.2) is 0 Å². The number of halogens is 2. The highest BCUT2D eigenvalue weighted by molar-refractivity contribution is 6.32. The Hall–Kier alpha value is -1.84. The Morgan fingerprint density at radius 3 is 2.71 bits per heavy atom. The maximum Gasteiger partial charge on any atom is 0.146 e. The van der Waals surface area contributed by atoms with E-state index in [-0.39, 0.29) is 6.61 Å². The summed E-state index contributed by atoms with van der Waals surface area (Å²) in [6.45, 7) is 2.19. The number of hydrogen-bond acceptors (Lipinski definition) is 3. The summed E-state index contributed by atoms with van der Waals surface area (Å²) in [6.07, 6.45) is 0. The van der Waals surface area contributed by atoms with Crippen LogP contribution in [0.1, 0.15) is 11.4 Å². The van der Waals surface area contributed by atoms with Gasteiger partial charge in [-0.1, -0.05) is 41.4 Å². The van der Waals surface area contributed by atoms with E-state index in [1.807, 2.05) is 37.3 Å². The molecule has 0 unspecified atom stereocenters. The van der Waals surface area contributed by atoms with Crippen molar-refractivity contribution in [3.8, 4) is 5.75 Å². The third kappa shape index (κ3) is 3.09. The first-order valence-electron chi connectivity index (χ1n) is 6.43. The zero-order valence-electron chi connectivity index (χ0n) is 11.3. The summed E-state index contributed by atoms with van der Waals surface area (Å²) >= 11 is 12.0. The molecule has 3 aromatic rings. The van der Waals surface area contributed by atoms with Gasteiger partial charge in [-0.05, 0) is 31.2 Å². The van der Waals surface area contributed by atoms with Gasteiger partial charge in [-0.3, -0.25) is 0 Å². The first kappa shape index (κ1) is 14.1. The maximum absolute atomic E-state index is 6.09. The summed E-state index contributed by atoms with van der Waals surface area (Å²) in [5.41, 5.74) is 2.38. The number of rotatable bonds is 3. The lowest BCUT2D eigenvalue weighted by Gasteiger charge is -2.10. The van der Waals surface area contributed by atoms with Gasteiger partial charge in [-0.25, -0.2) is 9.97 Å². The molecule has 2 aromatic heterocycles. The fourth-order valence-electron chi connectivity index (χ4n) is 2.04. The van der Waals surface area contributed by atoms with Gasteiger partial charge in [0.1, 0.15) is 23.0 Å². The number of para-hydroxylation sites is 1. The number of hydrogen-bond donors (Lipinski definition) is 0. The summed E-state index contributed by atoms with van der Waals surface area (Å²) in [5.74, 6) is 0.703. The Kier molecular flexibility index (Phi) is 3.95. The topological polar surface area (TPSA) is 35.0 Å². The number of aryl methyl sites for hydroxylation is 1. The van der Waals surface area contributed by atoms with Crippen molar-refractivity contribution < 1.29 is 4.74 Å². The minimum Gasteiger partial charge on any atom is -0.485 e. The zero-order chi connectivity index (χ0) is 14.8. The molecule has 3 nitrogen and oxygen atoms in total. The van der Waals surface area contributed by atoms with Gasteiger partial charge in [0.25, 0.3) is 0 Å². The summed E-state index contributed by atoms with van der Waals surface area (Å²) in [6, 6.07) is 13.2. The van der Waals surface area contributed by atoms with Crippen molar-refractivity contribution in [1.82, 2.24) is 9.97 Å². The monoisotopic (exact) mass is 318 g/mol. The second-order valence-corrected chi connectivity index (χ2v) is 5.43. The van der Waals surface area contributed by atoms with Crippen molar-refractivity contribution in [3.63, 3.8) is 0 Å². The second kappa shape index (κ2) is 5.88. The first-order chi connectivity index (χ1) is 10.1. The van der Waals surface area contributed by atoms with Gasteiger partial charge in [0.2, 0.25) is 0 Å². The van der Waals surface area contributed by atoms with Crippen molar-refractivity contribution in [2.45, 2.75) is 13.5 Å². The van der Waals surface area contributed by atoms with Crippen LogP contribution in [-0.2, 0) is 6.61 Å². The molecule has 0 aliphatic heterocycles. The number of pyridine rings is 2. The third-order valence-corrected chi connectivity index (χ3v) is 3.63. The average Bonchev–Trinajstić information content (AvgIpc) is 2.48. The Morgan fingerprint density at radius 2 is 1.86 bits per heavy atom. The predicted octanol–water partition coefficient (Wildman–Crippen LogP) is 4.82. The first-order valence-corrected chi connectivity index (χ1v) is 7.19. The van der Waals surface area contributed by atoms with Gasteiger partial charge < -0.3 is 4.74 Å². The van der Waals surface area contributed by atoms with Crippen molar-refractivity contribution >= 4 is 34.1 Å². The van der Waals surface area contributed by atoms with Crippen LogP contribution < -0.4 is 4.74 Å².